The second-order valence-electron chi connectivity index (χ2n) is 5.27. The minimum atomic E-state index is -0.538. The third-order valence-corrected chi connectivity index (χ3v) is 3.63. The van der Waals surface area contributed by atoms with E-state index in [-0.39, 0.29) is 18.0 Å². The standard InChI is InChI=1S/C15H22N2O2/c1-2-5-11(16)9-14(19)17-15-12-7-4-3-6-10(12)8-13(15)18/h3-4,6-7,11,13,15,18H,2,5,8-9,16H2,1H3,(H,17,19)/t11?,13-,15+/m1/s1. The van der Waals surface area contributed by atoms with Crippen LogP contribution in [0.5, 0.6) is 0 Å². The summed E-state index contributed by atoms with van der Waals surface area (Å²) in [7, 11) is 0. The number of hydrogen-bond donors (Lipinski definition) is 3. The van der Waals surface area contributed by atoms with Gasteiger partial charge in [-0.25, -0.2) is 0 Å². The van der Waals surface area contributed by atoms with Crippen molar-refractivity contribution in [3.05, 3.63) is 35.4 Å². The van der Waals surface area contributed by atoms with Gasteiger partial charge in [0.1, 0.15) is 0 Å². The molecule has 0 saturated heterocycles. The summed E-state index contributed by atoms with van der Waals surface area (Å²) in [6, 6.07) is 7.44. The van der Waals surface area contributed by atoms with Crippen LogP contribution in [0.25, 0.3) is 0 Å². The molecule has 1 aromatic rings. The van der Waals surface area contributed by atoms with Crippen LogP contribution in [0.4, 0.5) is 0 Å². The first-order valence-corrected chi connectivity index (χ1v) is 6.92. The van der Waals surface area contributed by atoms with Crippen molar-refractivity contribution in [3.63, 3.8) is 0 Å². The van der Waals surface area contributed by atoms with E-state index in [9.17, 15) is 9.90 Å². The summed E-state index contributed by atoms with van der Waals surface area (Å²) in [5, 5.41) is 13.0. The number of carbonyl (C=O) groups is 1. The highest BCUT2D eigenvalue weighted by molar-refractivity contribution is 5.77. The zero-order valence-corrected chi connectivity index (χ0v) is 11.3. The SMILES string of the molecule is CCCC(N)CC(=O)N[C@H]1c2ccccc2C[C@H]1O. The van der Waals surface area contributed by atoms with E-state index >= 15 is 0 Å². The zero-order chi connectivity index (χ0) is 13.8. The van der Waals surface area contributed by atoms with Crippen molar-refractivity contribution >= 4 is 5.91 Å². The van der Waals surface area contributed by atoms with E-state index in [2.05, 4.69) is 12.2 Å². The van der Waals surface area contributed by atoms with Gasteiger partial charge in [-0.05, 0) is 17.5 Å². The van der Waals surface area contributed by atoms with Crippen molar-refractivity contribution in [3.8, 4) is 0 Å². The Bertz CT molecular complexity index is 448. The van der Waals surface area contributed by atoms with Gasteiger partial charge >= 0.3 is 0 Å². The van der Waals surface area contributed by atoms with Crippen LogP contribution in [0.2, 0.25) is 0 Å². The lowest BCUT2D eigenvalue weighted by atomic mass is 10.1. The maximum Gasteiger partial charge on any atom is 0.222 e. The summed E-state index contributed by atoms with van der Waals surface area (Å²) < 4.78 is 0. The van der Waals surface area contributed by atoms with Gasteiger partial charge in [-0.3, -0.25) is 4.79 Å². The number of rotatable bonds is 5. The van der Waals surface area contributed by atoms with E-state index in [1.807, 2.05) is 24.3 Å². The first kappa shape index (κ1) is 14.0. The molecule has 0 aliphatic heterocycles. The summed E-state index contributed by atoms with van der Waals surface area (Å²) >= 11 is 0. The third-order valence-electron chi connectivity index (χ3n) is 3.63. The number of aliphatic hydroxyl groups is 1. The molecule has 1 aromatic carbocycles. The van der Waals surface area contributed by atoms with Crippen molar-refractivity contribution < 1.29 is 9.90 Å². The summed E-state index contributed by atoms with van der Waals surface area (Å²) in [6.45, 7) is 2.05. The summed E-state index contributed by atoms with van der Waals surface area (Å²) in [6.07, 6.45) is 2.20. The van der Waals surface area contributed by atoms with Crippen LogP contribution in [-0.4, -0.2) is 23.2 Å². The number of benzene rings is 1. The summed E-state index contributed by atoms with van der Waals surface area (Å²) in [5.74, 6) is -0.0818. The molecule has 104 valence electrons. The maximum atomic E-state index is 11.9. The fourth-order valence-electron chi connectivity index (χ4n) is 2.69. The molecule has 0 heterocycles. The molecular formula is C15H22N2O2. The average molecular weight is 262 g/mol. The summed E-state index contributed by atoms with van der Waals surface area (Å²) in [4.78, 5) is 11.9. The van der Waals surface area contributed by atoms with Crippen molar-refractivity contribution in [2.45, 2.75) is 50.8 Å². The van der Waals surface area contributed by atoms with Crippen molar-refractivity contribution in [2.75, 3.05) is 0 Å². The molecule has 0 aromatic heterocycles. The van der Waals surface area contributed by atoms with Crippen LogP contribution in [0, 0.1) is 0 Å². The predicted octanol–water partition coefficient (Wildman–Crippen LogP) is 1.28. The Kier molecular flexibility index (Phi) is 4.56. The molecule has 1 aliphatic carbocycles. The molecule has 4 N–H and O–H groups in total. The van der Waals surface area contributed by atoms with Crippen LogP contribution in [0.15, 0.2) is 24.3 Å². The first-order valence-electron chi connectivity index (χ1n) is 6.92. The molecule has 0 fully saturated rings. The van der Waals surface area contributed by atoms with Crippen LogP contribution in [0.3, 0.4) is 0 Å². The molecule has 2 rings (SSSR count). The molecular weight excluding hydrogens is 240 g/mol. The topological polar surface area (TPSA) is 75.4 Å². The fourth-order valence-corrected chi connectivity index (χ4v) is 2.69. The van der Waals surface area contributed by atoms with Gasteiger partial charge in [0.15, 0.2) is 0 Å². The van der Waals surface area contributed by atoms with Gasteiger partial charge in [-0.1, -0.05) is 37.6 Å². The summed E-state index contributed by atoms with van der Waals surface area (Å²) in [5.41, 5.74) is 8.00. The largest absolute Gasteiger partial charge is 0.390 e. The Hall–Kier alpha value is -1.39. The van der Waals surface area contributed by atoms with Gasteiger partial charge in [0.2, 0.25) is 5.91 Å². The van der Waals surface area contributed by atoms with Gasteiger partial charge in [-0.2, -0.15) is 0 Å². The number of carbonyl (C=O) groups excluding carboxylic acids is 1. The van der Waals surface area contributed by atoms with Crippen molar-refractivity contribution in [2.24, 2.45) is 5.73 Å². The Morgan fingerprint density at radius 1 is 1.53 bits per heavy atom. The van der Waals surface area contributed by atoms with Crippen molar-refractivity contribution in [1.29, 1.82) is 0 Å². The molecule has 4 nitrogen and oxygen atoms in total. The fraction of sp³-hybridized carbons (Fsp3) is 0.533. The van der Waals surface area contributed by atoms with Crippen molar-refractivity contribution in [1.82, 2.24) is 5.32 Å². The molecule has 1 amide bonds. The van der Waals surface area contributed by atoms with E-state index in [0.717, 1.165) is 24.0 Å². The molecule has 19 heavy (non-hydrogen) atoms. The first-order chi connectivity index (χ1) is 9.11. The van der Waals surface area contributed by atoms with Crippen LogP contribution < -0.4 is 11.1 Å². The van der Waals surface area contributed by atoms with Crippen LogP contribution in [0.1, 0.15) is 43.4 Å². The predicted molar refractivity (Wildman–Crippen MR) is 74.5 cm³/mol. The number of nitrogens with one attached hydrogen (secondary N) is 1. The molecule has 0 saturated carbocycles. The van der Waals surface area contributed by atoms with Gasteiger partial charge < -0.3 is 16.2 Å². The van der Waals surface area contributed by atoms with E-state index in [4.69, 9.17) is 5.73 Å². The highest BCUT2D eigenvalue weighted by Crippen LogP contribution is 2.31. The minimum absolute atomic E-state index is 0.0818. The third kappa shape index (κ3) is 3.33. The van der Waals surface area contributed by atoms with E-state index in [0.29, 0.717) is 12.8 Å². The Labute approximate surface area is 114 Å². The van der Waals surface area contributed by atoms with E-state index < -0.39 is 6.10 Å². The second-order valence-corrected chi connectivity index (χ2v) is 5.27. The normalized spacial score (nSPS) is 22.9. The molecule has 4 heteroatoms. The van der Waals surface area contributed by atoms with Gasteiger partial charge in [-0.15, -0.1) is 0 Å². The quantitative estimate of drug-likeness (QED) is 0.748. The van der Waals surface area contributed by atoms with Crippen LogP contribution in [-0.2, 0) is 11.2 Å². The lowest BCUT2D eigenvalue weighted by molar-refractivity contribution is -0.123. The second kappa shape index (κ2) is 6.17. The molecule has 1 aliphatic rings. The van der Waals surface area contributed by atoms with Gasteiger partial charge in [0.25, 0.3) is 0 Å². The number of fused-ring (bicyclic) bond motifs is 1. The van der Waals surface area contributed by atoms with E-state index in [1.165, 1.54) is 0 Å². The van der Waals surface area contributed by atoms with Gasteiger partial charge in [0.05, 0.1) is 12.1 Å². The number of hydrogen-bond acceptors (Lipinski definition) is 3. The number of nitrogens with two attached hydrogens (primary N) is 1. The molecule has 0 bridgehead atoms. The molecule has 0 spiro atoms. The number of amides is 1. The lowest BCUT2D eigenvalue weighted by Gasteiger charge is -2.19. The highest BCUT2D eigenvalue weighted by atomic mass is 16.3. The molecule has 1 unspecified atom stereocenters. The van der Waals surface area contributed by atoms with Gasteiger partial charge in [0, 0.05) is 18.9 Å². The smallest absolute Gasteiger partial charge is 0.222 e. The Morgan fingerprint density at radius 3 is 3.00 bits per heavy atom. The monoisotopic (exact) mass is 262 g/mol. The van der Waals surface area contributed by atoms with Crippen LogP contribution >= 0.6 is 0 Å². The van der Waals surface area contributed by atoms with E-state index in [1.54, 1.807) is 0 Å². The minimum Gasteiger partial charge on any atom is -0.390 e. The lowest BCUT2D eigenvalue weighted by Crippen LogP contribution is -2.37. The maximum absolute atomic E-state index is 11.9. The molecule has 3 atom stereocenters. The Morgan fingerprint density at radius 2 is 2.26 bits per heavy atom. The number of aliphatic hydroxyl groups excluding tert-OH is 1. The average Bonchev–Trinajstić information content (AvgIpc) is 2.66. The Balaban J connectivity index is 1.97. The molecule has 0 radical (unpaired) electrons. The zero-order valence-electron chi connectivity index (χ0n) is 11.3. The highest BCUT2D eigenvalue weighted by Gasteiger charge is 2.31.